The van der Waals surface area contributed by atoms with Crippen molar-refractivity contribution in [1.82, 2.24) is 4.98 Å². The van der Waals surface area contributed by atoms with Crippen molar-refractivity contribution in [2.24, 2.45) is 5.73 Å². The second-order valence-electron chi connectivity index (χ2n) is 2.85. The smallest absolute Gasteiger partial charge is 0.102 e. The molecule has 0 amide bonds. The summed E-state index contributed by atoms with van der Waals surface area (Å²) in [4.78, 5) is 4.38. The molecule has 0 atom stereocenters. The summed E-state index contributed by atoms with van der Waals surface area (Å²) in [5, 5.41) is 2.33. The highest BCUT2D eigenvalue weighted by Gasteiger charge is 2.09. The van der Waals surface area contributed by atoms with Crippen molar-refractivity contribution >= 4 is 44.8 Å². The number of aromatic nitrogens is 1. The van der Waals surface area contributed by atoms with E-state index in [9.17, 15) is 0 Å². The fraction of sp³-hybridized carbons (Fsp3) is 0.222. The van der Waals surface area contributed by atoms with Crippen LogP contribution in [-0.2, 0) is 6.42 Å². The van der Waals surface area contributed by atoms with E-state index in [0.29, 0.717) is 16.6 Å². The summed E-state index contributed by atoms with van der Waals surface area (Å²) in [5.74, 6) is 0. The number of hydrogen-bond acceptors (Lipinski definition) is 3. The maximum atomic E-state index is 6.02. The molecule has 0 bridgehead atoms. The molecule has 2 N–H and O–H groups in total. The van der Waals surface area contributed by atoms with Gasteiger partial charge in [-0.05, 0) is 18.7 Å². The minimum Gasteiger partial charge on any atom is -0.330 e. The van der Waals surface area contributed by atoms with Gasteiger partial charge >= 0.3 is 0 Å². The van der Waals surface area contributed by atoms with E-state index in [1.165, 1.54) is 0 Å². The van der Waals surface area contributed by atoms with Gasteiger partial charge in [-0.15, -0.1) is 11.3 Å². The van der Waals surface area contributed by atoms with Gasteiger partial charge in [0.2, 0.25) is 0 Å². The van der Waals surface area contributed by atoms with E-state index in [2.05, 4.69) is 4.98 Å². The highest BCUT2D eigenvalue weighted by Crippen LogP contribution is 2.33. The monoisotopic (exact) mass is 246 g/mol. The van der Waals surface area contributed by atoms with Crippen LogP contribution in [0.3, 0.4) is 0 Å². The molecule has 0 aliphatic rings. The van der Waals surface area contributed by atoms with Crippen LogP contribution >= 0.6 is 34.5 Å². The molecule has 1 heterocycles. The molecule has 0 unspecified atom stereocenters. The van der Waals surface area contributed by atoms with Gasteiger partial charge in [-0.25, -0.2) is 4.98 Å². The van der Waals surface area contributed by atoms with Crippen molar-refractivity contribution < 1.29 is 0 Å². The number of thiazole rings is 1. The third-order valence-corrected chi connectivity index (χ3v) is 3.73. The van der Waals surface area contributed by atoms with Crippen molar-refractivity contribution in [2.45, 2.75) is 6.42 Å². The predicted octanol–water partition coefficient (Wildman–Crippen LogP) is 3.10. The summed E-state index contributed by atoms with van der Waals surface area (Å²) < 4.78 is 0.947. The molecular weight excluding hydrogens is 239 g/mol. The quantitative estimate of drug-likeness (QED) is 0.885. The molecule has 1 aromatic heterocycles. The molecule has 0 fully saturated rings. The van der Waals surface area contributed by atoms with Crippen LogP contribution in [0, 0.1) is 0 Å². The van der Waals surface area contributed by atoms with E-state index < -0.39 is 0 Å². The Morgan fingerprint density at radius 2 is 2.00 bits per heavy atom. The molecule has 5 heteroatoms. The fourth-order valence-electron chi connectivity index (χ4n) is 1.22. The summed E-state index contributed by atoms with van der Waals surface area (Å²) in [6.45, 7) is 0.592. The molecule has 14 heavy (non-hydrogen) atoms. The summed E-state index contributed by atoms with van der Waals surface area (Å²) in [7, 11) is 0. The predicted molar refractivity (Wildman–Crippen MR) is 62.4 cm³/mol. The maximum absolute atomic E-state index is 6.02. The zero-order chi connectivity index (χ0) is 10.1. The lowest BCUT2D eigenvalue weighted by molar-refractivity contribution is 0.958. The van der Waals surface area contributed by atoms with Crippen molar-refractivity contribution in [2.75, 3.05) is 6.54 Å². The highest BCUT2D eigenvalue weighted by atomic mass is 35.5. The molecule has 0 aliphatic carbocycles. The van der Waals surface area contributed by atoms with Gasteiger partial charge < -0.3 is 5.73 Å². The molecule has 1 aromatic carbocycles. The molecule has 0 saturated carbocycles. The van der Waals surface area contributed by atoms with Crippen LogP contribution < -0.4 is 5.73 Å². The first kappa shape index (κ1) is 10.2. The van der Waals surface area contributed by atoms with Gasteiger partial charge in [0.05, 0.1) is 19.8 Å². The SMILES string of the molecule is NCCc1nc2c(Cl)ccc(Cl)c2s1. The van der Waals surface area contributed by atoms with Crippen LogP contribution in [0.1, 0.15) is 5.01 Å². The molecule has 0 saturated heterocycles. The number of nitrogens with zero attached hydrogens (tertiary/aromatic N) is 1. The minimum absolute atomic E-state index is 0.592. The number of halogens is 2. The lowest BCUT2D eigenvalue weighted by Gasteiger charge is -1.92. The Balaban J connectivity index is 2.63. The lowest BCUT2D eigenvalue weighted by Crippen LogP contribution is -2.01. The van der Waals surface area contributed by atoms with Gasteiger partial charge in [-0.2, -0.15) is 0 Å². The lowest BCUT2D eigenvalue weighted by atomic mass is 10.3. The second-order valence-corrected chi connectivity index (χ2v) is 4.75. The summed E-state index contributed by atoms with van der Waals surface area (Å²) in [6, 6.07) is 3.55. The highest BCUT2D eigenvalue weighted by molar-refractivity contribution is 7.19. The Morgan fingerprint density at radius 3 is 2.64 bits per heavy atom. The number of rotatable bonds is 2. The molecule has 0 aliphatic heterocycles. The number of fused-ring (bicyclic) bond motifs is 1. The van der Waals surface area contributed by atoms with Gasteiger partial charge in [0.15, 0.2) is 0 Å². The maximum Gasteiger partial charge on any atom is 0.102 e. The Kier molecular flexibility index (Phi) is 2.93. The summed E-state index contributed by atoms with van der Waals surface area (Å²) in [6.07, 6.45) is 0.770. The van der Waals surface area contributed by atoms with Crippen LogP contribution in [0.25, 0.3) is 10.2 Å². The Bertz CT molecular complexity index is 428. The largest absolute Gasteiger partial charge is 0.330 e. The standard InChI is InChI=1S/C9H8Cl2N2S/c10-5-1-2-6(11)9-8(5)13-7(14-9)3-4-12/h1-2H,3-4,12H2. The number of benzene rings is 1. The zero-order valence-electron chi connectivity index (χ0n) is 7.26. The van der Waals surface area contributed by atoms with Crippen LogP contribution in [0.4, 0.5) is 0 Å². The first-order valence-electron chi connectivity index (χ1n) is 4.16. The van der Waals surface area contributed by atoms with Crippen molar-refractivity contribution in [3.8, 4) is 0 Å². The van der Waals surface area contributed by atoms with Crippen molar-refractivity contribution in [1.29, 1.82) is 0 Å². The van der Waals surface area contributed by atoms with E-state index in [1.54, 1.807) is 23.5 Å². The van der Waals surface area contributed by atoms with Gasteiger partial charge in [0.25, 0.3) is 0 Å². The topological polar surface area (TPSA) is 38.9 Å². The molecule has 0 radical (unpaired) electrons. The zero-order valence-corrected chi connectivity index (χ0v) is 9.59. The number of nitrogens with two attached hydrogens (primary N) is 1. The van der Waals surface area contributed by atoms with Crippen LogP contribution in [0.5, 0.6) is 0 Å². The van der Waals surface area contributed by atoms with Gasteiger partial charge in [0.1, 0.15) is 5.52 Å². The van der Waals surface area contributed by atoms with Crippen molar-refractivity contribution in [3.05, 3.63) is 27.2 Å². The molecule has 0 spiro atoms. The molecule has 2 nitrogen and oxygen atoms in total. The molecule has 2 aromatic rings. The molecular formula is C9H8Cl2N2S. The molecule has 2 rings (SSSR count). The van der Waals surface area contributed by atoms with Gasteiger partial charge in [-0.1, -0.05) is 23.2 Å². The van der Waals surface area contributed by atoms with E-state index in [-0.39, 0.29) is 0 Å². The molecule has 74 valence electrons. The fourth-order valence-corrected chi connectivity index (χ4v) is 2.75. The van der Waals surface area contributed by atoms with Crippen LogP contribution in [0.2, 0.25) is 10.0 Å². The third-order valence-electron chi connectivity index (χ3n) is 1.85. The van der Waals surface area contributed by atoms with E-state index in [4.69, 9.17) is 28.9 Å². The van der Waals surface area contributed by atoms with E-state index >= 15 is 0 Å². The average molecular weight is 247 g/mol. The average Bonchev–Trinajstić information content (AvgIpc) is 2.57. The third kappa shape index (κ3) is 1.73. The first-order valence-corrected chi connectivity index (χ1v) is 5.73. The van der Waals surface area contributed by atoms with E-state index in [1.807, 2.05) is 0 Å². The number of hydrogen-bond donors (Lipinski definition) is 1. The second kappa shape index (κ2) is 4.03. The van der Waals surface area contributed by atoms with Gasteiger partial charge in [-0.3, -0.25) is 0 Å². The summed E-state index contributed by atoms with van der Waals surface area (Å²) >= 11 is 13.6. The Labute approximate surface area is 95.6 Å². The summed E-state index contributed by atoms with van der Waals surface area (Å²) in [5.41, 5.74) is 6.24. The Morgan fingerprint density at radius 1 is 1.29 bits per heavy atom. The minimum atomic E-state index is 0.592. The van der Waals surface area contributed by atoms with Crippen molar-refractivity contribution in [3.63, 3.8) is 0 Å². The van der Waals surface area contributed by atoms with E-state index in [0.717, 1.165) is 21.6 Å². The van der Waals surface area contributed by atoms with Gasteiger partial charge in [0, 0.05) is 6.42 Å². The Hall–Kier alpha value is -0.350. The van der Waals surface area contributed by atoms with Crippen LogP contribution in [-0.4, -0.2) is 11.5 Å². The first-order chi connectivity index (χ1) is 6.72. The van der Waals surface area contributed by atoms with Crippen LogP contribution in [0.15, 0.2) is 12.1 Å². The normalized spacial score (nSPS) is 11.1.